The molecule has 0 saturated carbocycles. The van der Waals surface area contributed by atoms with Crippen LogP contribution in [0.4, 0.5) is 19.0 Å². The number of likely N-dealkylation sites (tertiary alicyclic amines) is 1. The van der Waals surface area contributed by atoms with Crippen molar-refractivity contribution in [1.29, 1.82) is 0 Å². The van der Waals surface area contributed by atoms with Crippen molar-refractivity contribution in [3.63, 3.8) is 0 Å². The van der Waals surface area contributed by atoms with Crippen LogP contribution in [-0.2, 0) is 19.1 Å². The monoisotopic (exact) mass is 511 g/mol. The molecule has 0 radical (unpaired) electrons. The van der Waals surface area contributed by atoms with E-state index in [1.54, 1.807) is 18.2 Å². The molecule has 3 heterocycles. The Morgan fingerprint density at radius 1 is 0.972 bits per heavy atom. The molecule has 2 aromatic carbocycles. The minimum Gasteiger partial charge on any atom is -0.369 e. The predicted molar refractivity (Wildman–Crippen MR) is 136 cm³/mol. The van der Waals surface area contributed by atoms with E-state index in [0.29, 0.717) is 47.3 Å². The second-order valence-electron chi connectivity index (χ2n) is 8.87. The molecule has 1 aliphatic heterocycles. The lowest BCUT2D eigenvalue weighted by molar-refractivity contribution is -0.137. The van der Waals surface area contributed by atoms with Gasteiger partial charge in [0.15, 0.2) is 0 Å². The van der Waals surface area contributed by atoms with Crippen molar-refractivity contribution in [2.75, 3.05) is 25.0 Å². The molecule has 0 bridgehead atoms. The minimum atomic E-state index is -4.50. The number of nitrogens with zero attached hydrogens (tertiary/aromatic N) is 4. The summed E-state index contributed by atoms with van der Waals surface area (Å²) >= 11 is 6.30. The third kappa shape index (κ3) is 5.44. The van der Waals surface area contributed by atoms with Crippen LogP contribution in [0.25, 0.3) is 22.2 Å². The number of aromatic nitrogens is 3. The van der Waals surface area contributed by atoms with Crippen LogP contribution >= 0.6 is 11.6 Å². The Balaban J connectivity index is 1.50. The second-order valence-corrected chi connectivity index (χ2v) is 9.28. The second kappa shape index (κ2) is 10.4. The minimum absolute atomic E-state index is 0.111. The van der Waals surface area contributed by atoms with Crippen molar-refractivity contribution in [3.8, 4) is 11.3 Å². The maximum atomic E-state index is 13.6. The Morgan fingerprint density at radius 2 is 1.78 bits per heavy atom. The highest BCUT2D eigenvalue weighted by atomic mass is 35.5. The number of anilines is 1. The van der Waals surface area contributed by atoms with E-state index in [2.05, 4.69) is 15.2 Å². The van der Waals surface area contributed by atoms with Crippen molar-refractivity contribution < 1.29 is 13.2 Å². The average Bonchev–Trinajstić information content (AvgIpc) is 3.37. The fourth-order valence-corrected chi connectivity index (χ4v) is 4.78. The number of alkyl halides is 3. The normalized spacial score (nSPS) is 14.4. The highest BCUT2D eigenvalue weighted by Gasteiger charge is 2.34. The molecule has 2 aromatic heterocycles. The number of halogens is 4. The summed E-state index contributed by atoms with van der Waals surface area (Å²) in [5.74, 6) is 1.30. The molecule has 1 aliphatic rings. The van der Waals surface area contributed by atoms with Gasteiger partial charge in [-0.2, -0.15) is 13.2 Å². The van der Waals surface area contributed by atoms with Gasteiger partial charge in [0, 0.05) is 28.7 Å². The Kier molecular flexibility index (Phi) is 7.07. The number of benzene rings is 2. The number of rotatable bonds is 7. The van der Waals surface area contributed by atoms with Crippen molar-refractivity contribution in [3.05, 3.63) is 82.8 Å². The summed E-state index contributed by atoms with van der Waals surface area (Å²) in [6.45, 7) is 3.16. The molecule has 0 spiro atoms. The van der Waals surface area contributed by atoms with Crippen LogP contribution in [0.3, 0.4) is 0 Å². The Labute approximate surface area is 212 Å². The largest absolute Gasteiger partial charge is 0.418 e. The van der Waals surface area contributed by atoms with Crippen LogP contribution in [-0.4, -0.2) is 39.5 Å². The maximum absolute atomic E-state index is 13.6. The lowest BCUT2D eigenvalue weighted by Gasteiger charge is -2.17. The molecule has 1 N–H and O–H groups in total. The van der Waals surface area contributed by atoms with Crippen molar-refractivity contribution in [2.24, 2.45) is 0 Å². The zero-order chi connectivity index (χ0) is 25.1. The molecule has 1 saturated heterocycles. The van der Waals surface area contributed by atoms with Gasteiger partial charge < -0.3 is 5.32 Å². The number of pyridine rings is 1. The maximum Gasteiger partial charge on any atom is 0.418 e. The number of fused-ring (bicyclic) bond motifs is 1. The molecule has 0 atom stereocenters. The third-order valence-electron chi connectivity index (χ3n) is 6.34. The third-order valence-corrected chi connectivity index (χ3v) is 6.71. The first kappa shape index (κ1) is 24.5. The highest BCUT2D eigenvalue weighted by molar-refractivity contribution is 6.31. The quantitative estimate of drug-likeness (QED) is 0.302. The van der Waals surface area contributed by atoms with Gasteiger partial charge in [-0.3, -0.25) is 9.88 Å². The van der Waals surface area contributed by atoms with Gasteiger partial charge in [-0.05, 0) is 68.2 Å². The molecule has 36 heavy (non-hydrogen) atoms. The predicted octanol–water partition coefficient (Wildman–Crippen LogP) is 6.61. The molecule has 4 aromatic rings. The fraction of sp³-hybridized carbons (Fsp3) is 0.296. The van der Waals surface area contributed by atoms with Gasteiger partial charge in [0.2, 0.25) is 0 Å². The zero-order valence-electron chi connectivity index (χ0n) is 19.5. The van der Waals surface area contributed by atoms with Gasteiger partial charge in [0.05, 0.1) is 23.3 Å². The van der Waals surface area contributed by atoms with Crippen molar-refractivity contribution in [2.45, 2.75) is 32.0 Å². The summed E-state index contributed by atoms with van der Waals surface area (Å²) in [7, 11) is 0. The van der Waals surface area contributed by atoms with E-state index in [-0.39, 0.29) is 5.69 Å². The molecule has 186 valence electrons. The number of hydrogen-bond acceptors (Lipinski definition) is 5. The molecular formula is C27H25ClF3N5. The summed E-state index contributed by atoms with van der Waals surface area (Å²) in [6, 6.07) is 15.1. The molecule has 5 rings (SSSR count). The molecule has 5 nitrogen and oxygen atoms in total. The van der Waals surface area contributed by atoms with E-state index in [9.17, 15) is 13.2 Å². The first-order valence-electron chi connectivity index (χ1n) is 11.9. The van der Waals surface area contributed by atoms with Crippen LogP contribution in [0, 0.1) is 0 Å². The Hall–Kier alpha value is -3.23. The SMILES string of the molecule is FC(F)(F)c1cccnc1-c1ccc2c(NCCc3ccccc3Cl)nc(CN3CCCC3)nc2c1. The molecule has 1 fully saturated rings. The van der Waals surface area contributed by atoms with E-state index < -0.39 is 11.7 Å². The summed E-state index contributed by atoms with van der Waals surface area (Å²) in [5.41, 5.74) is 1.09. The van der Waals surface area contributed by atoms with E-state index in [0.717, 1.165) is 42.9 Å². The van der Waals surface area contributed by atoms with Crippen LogP contribution in [0.1, 0.15) is 29.8 Å². The van der Waals surface area contributed by atoms with E-state index in [1.807, 2.05) is 24.3 Å². The summed E-state index contributed by atoms with van der Waals surface area (Å²) < 4.78 is 40.9. The zero-order valence-corrected chi connectivity index (χ0v) is 20.3. The lowest BCUT2D eigenvalue weighted by atomic mass is 10.0. The van der Waals surface area contributed by atoms with Crippen molar-refractivity contribution >= 4 is 28.3 Å². The first-order valence-corrected chi connectivity index (χ1v) is 12.3. The molecule has 0 amide bonds. The Morgan fingerprint density at radius 3 is 2.56 bits per heavy atom. The number of nitrogens with one attached hydrogen (secondary N) is 1. The van der Waals surface area contributed by atoms with Crippen LogP contribution in [0.5, 0.6) is 0 Å². The summed E-state index contributed by atoms with van der Waals surface area (Å²) in [6.07, 6.45) is -0.152. The highest BCUT2D eigenvalue weighted by Crippen LogP contribution is 2.37. The lowest BCUT2D eigenvalue weighted by Crippen LogP contribution is -2.20. The Bertz CT molecular complexity index is 1370. The van der Waals surface area contributed by atoms with Gasteiger partial charge in [-0.1, -0.05) is 35.9 Å². The molecule has 9 heteroatoms. The van der Waals surface area contributed by atoms with Crippen LogP contribution in [0.2, 0.25) is 5.02 Å². The van der Waals surface area contributed by atoms with Gasteiger partial charge in [0.25, 0.3) is 0 Å². The average molecular weight is 512 g/mol. The van der Waals surface area contributed by atoms with Gasteiger partial charge in [-0.25, -0.2) is 9.97 Å². The van der Waals surface area contributed by atoms with E-state index in [1.165, 1.54) is 12.3 Å². The van der Waals surface area contributed by atoms with Crippen LogP contribution < -0.4 is 5.32 Å². The van der Waals surface area contributed by atoms with Gasteiger partial charge >= 0.3 is 6.18 Å². The van der Waals surface area contributed by atoms with Gasteiger partial charge in [0.1, 0.15) is 11.6 Å². The van der Waals surface area contributed by atoms with E-state index >= 15 is 0 Å². The van der Waals surface area contributed by atoms with Gasteiger partial charge in [-0.15, -0.1) is 0 Å². The number of hydrogen-bond donors (Lipinski definition) is 1. The molecule has 0 aliphatic carbocycles. The smallest absolute Gasteiger partial charge is 0.369 e. The molecular weight excluding hydrogens is 487 g/mol. The standard InChI is InChI=1S/C27H25ClF3N5/c28-22-8-2-1-6-18(22)11-13-33-26-20-10-9-19(25-21(27(29,30)31)7-5-12-32-25)16-23(20)34-24(35-26)17-36-14-3-4-15-36/h1-2,5-10,12,16H,3-4,11,13-15,17H2,(H,33,34,35). The van der Waals surface area contributed by atoms with Crippen molar-refractivity contribution in [1.82, 2.24) is 19.9 Å². The molecule has 0 unspecified atom stereocenters. The first-order chi connectivity index (χ1) is 17.4. The summed E-state index contributed by atoms with van der Waals surface area (Å²) in [4.78, 5) is 15.9. The fourth-order valence-electron chi connectivity index (χ4n) is 4.55. The topological polar surface area (TPSA) is 53.9 Å². The van der Waals surface area contributed by atoms with E-state index in [4.69, 9.17) is 21.6 Å². The van der Waals surface area contributed by atoms with Crippen LogP contribution in [0.15, 0.2) is 60.8 Å². The summed E-state index contributed by atoms with van der Waals surface area (Å²) in [5, 5.41) is 4.85.